The van der Waals surface area contributed by atoms with Gasteiger partial charge >= 0.3 is 5.97 Å². The molecular formula is C16H25NO5S. The highest BCUT2D eigenvalue weighted by Gasteiger charge is 2.37. The number of aliphatic hydroxyl groups is 1. The first-order chi connectivity index (χ1) is 10.8. The lowest BCUT2D eigenvalue weighted by molar-refractivity contribution is -0.151. The zero-order valence-electron chi connectivity index (χ0n) is 13.9. The smallest absolute Gasteiger partial charge is 0.303 e. The van der Waals surface area contributed by atoms with E-state index in [1.54, 1.807) is 19.6 Å². The molecule has 2 N–H and O–H groups in total. The maximum absolute atomic E-state index is 11.0. The predicted octanol–water partition coefficient (Wildman–Crippen LogP) is 0.497. The Hall–Kier alpha value is -1.44. The first-order valence-electron chi connectivity index (χ1n) is 7.30. The van der Waals surface area contributed by atoms with Gasteiger partial charge in [0.1, 0.15) is 18.0 Å². The van der Waals surface area contributed by atoms with Crippen molar-refractivity contribution in [3.63, 3.8) is 0 Å². The third-order valence-electron chi connectivity index (χ3n) is 3.28. The van der Waals surface area contributed by atoms with Crippen LogP contribution in [0.4, 0.5) is 0 Å². The van der Waals surface area contributed by atoms with Crippen molar-refractivity contribution in [2.45, 2.75) is 31.6 Å². The molecule has 1 heterocycles. The van der Waals surface area contributed by atoms with Gasteiger partial charge < -0.3 is 19.9 Å². The maximum atomic E-state index is 11.0. The van der Waals surface area contributed by atoms with Crippen LogP contribution in [0.15, 0.2) is 24.3 Å². The fourth-order valence-corrected chi connectivity index (χ4v) is 2.33. The Bertz CT molecular complexity index is 516. The highest BCUT2D eigenvalue weighted by molar-refractivity contribution is 7.83. The fraction of sp³-hybridized carbons (Fsp3) is 0.562. The number of β-amino-alcohol motifs (C(OH)–C–C–N with tert-alkyl or cyclic N) is 1. The van der Waals surface area contributed by atoms with Crippen LogP contribution in [-0.2, 0) is 26.8 Å². The monoisotopic (exact) mass is 343 g/mol. The molecule has 6 nitrogen and oxygen atoms in total. The zero-order chi connectivity index (χ0) is 17.4. The lowest BCUT2D eigenvalue weighted by atomic mass is 10.0. The van der Waals surface area contributed by atoms with E-state index in [1.807, 2.05) is 24.3 Å². The number of esters is 1. The summed E-state index contributed by atoms with van der Waals surface area (Å²) >= 11 is 0. The predicted molar refractivity (Wildman–Crippen MR) is 90.0 cm³/mol. The molecule has 23 heavy (non-hydrogen) atoms. The zero-order valence-corrected chi connectivity index (χ0v) is 14.8. The van der Waals surface area contributed by atoms with E-state index in [0.29, 0.717) is 13.0 Å². The molecule has 130 valence electrons. The molecule has 7 heteroatoms. The quantitative estimate of drug-likeness (QED) is 0.775. The van der Waals surface area contributed by atoms with Gasteiger partial charge in [-0.3, -0.25) is 9.00 Å². The van der Waals surface area contributed by atoms with Gasteiger partial charge in [-0.1, -0.05) is 12.1 Å². The van der Waals surface area contributed by atoms with Crippen molar-refractivity contribution < 1.29 is 23.6 Å². The Kier molecular flexibility index (Phi) is 8.22. The highest BCUT2D eigenvalue weighted by Crippen LogP contribution is 2.19. The second-order valence-corrected chi connectivity index (χ2v) is 6.93. The highest BCUT2D eigenvalue weighted by atomic mass is 32.2. The molecule has 1 aromatic rings. The minimum atomic E-state index is -0.646. The Morgan fingerprint density at radius 2 is 1.91 bits per heavy atom. The van der Waals surface area contributed by atoms with E-state index in [2.05, 4.69) is 5.32 Å². The number of methoxy groups -OCH3 is 1. The third kappa shape index (κ3) is 7.11. The molecule has 0 radical (unpaired) electrons. The van der Waals surface area contributed by atoms with Gasteiger partial charge in [-0.2, -0.15) is 0 Å². The molecule has 0 spiro atoms. The van der Waals surface area contributed by atoms with Crippen LogP contribution < -0.4 is 10.1 Å². The second kappa shape index (κ2) is 9.64. The summed E-state index contributed by atoms with van der Waals surface area (Å²) in [5, 5.41) is 13.0. The maximum Gasteiger partial charge on any atom is 0.303 e. The van der Waals surface area contributed by atoms with Gasteiger partial charge in [-0.25, -0.2) is 0 Å². The number of hydrogen-bond donors (Lipinski definition) is 2. The number of rotatable bonds is 4. The molecule has 1 saturated heterocycles. The van der Waals surface area contributed by atoms with Crippen molar-refractivity contribution in [2.75, 3.05) is 26.2 Å². The second-order valence-electron chi connectivity index (χ2n) is 5.45. The summed E-state index contributed by atoms with van der Waals surface area (Å²) in [4.78, 5) is 11.0. The van der Waals surface area contributed by atoms with Crippen LogP contribution in [0.5, 0.6) is 5.75 Å². The summed E-state index contributed by atoms with van der Waals surface area (Å²) in [5.41, 5.74) is 1.10. The summed E-state index contributed by atoms with van der Waals surface area (Å²) in [6.45, 7) is 1.80. The topological polar surface area (TPSA) is 84.9 Å². The van der Waals surface area contributed by atoms with E-state index in [4.69, 9.17) is 9.47 Å². The van der Waals surface area contributed by atoms with Gasteiger partial charge in [0.25, 0.3) is 0 Å². The first-order valence-corrected chi connectivity index (χ1v) is 9.26. The molecule has 0 bridgehead atoms. The number of benzene rings is 1. The normalized spacial score (nSPS) is 23.1. The van der Waals surface area contributed by atoms with E-state index in [-0.39, 0.29) is 12.0 Å². The molecule has 0 amide bonds. The number of carbonyl (C=O) groups excluding carboxylic acids is 1. The number of hydrogen-bond acceptors (Lipinski definition) is 6. The SMILES string of the molecule is COc1ccc(C[C@@H]2NC[C@@H](O)[C@@H]2OC(C)=O)cc1.CS(C)=O. The lowest BCUT2D eigenvalue weighted by Gasteiger charge is -2.21. The van der Waals surface area contributed by atoms with Crippen LogP contribution >= 0.6 is 0 Å². The summed E-state index contributed by atoms with van der Waals surface area (Å²) < 4.78 is 19.8. The number of carbonyl (C=O) groups is 1. The van der Waals surface area contributed by atoms with Crippen molar-refractivity contribution >= 4 is 16.8 Å². The Morgan fingerprint density at radius 1 is 1.35 bits per heavy atom. The Balaban J connectivity index is 0.000000593. The molecule has 1 aromatic carbocycles. The summed E-state index contributed by atoms with van der Waals surface area (Å²) in [7, 11) is 1.01. The Labute approximate surface area is 139 Å². The molecule has 2 rings (SSSR count). The van der Waals surface area contributed by atoms with Crippen molar-refractivity contribution in [1.82, 2.24) is 5.32 Å². The lowest BCUT2D eigenvalue weighted by Crippen LogP contribution is -2.38. The van der Waals surface area contributed by atoms with Gasteiger partial charge in [0.15, 0.2) is 0 Å². The first kappa shape index (κ1) is 19.6. The largest absolute Gasteiger partial charge is 0.497 e. The minimum absolute atomic E-state index is 0.0627. The third-order valence-corrected chi connectivity index (χ3v) is 3.28. The molecule has 1 aliphatic rings. The minimum Gasteiger partial charge on any atom is -0.497 e. The number of nitrogens with one attached hydrogen (secondary N) is 1. The fourth-order valence-electron chi connectivity index (χ4n) is 2.33. The number of ether oxygens (including phenoxy) is 2. The average molecular weight is 343 g/mol. The summed E-state index contributed by atoms with van der Waals surface area (Å²) in [6, 6.07) is 7.65. The van der Waals surface area contributed by atoms with E-state index in [0.717, 1.165) is 11.3 Å². The molecule has 0 aromatic heterocycles. The van der Waals surface area contributed by atoms with Crippen molar-refractivity contribution in [2.24, 2.45) is 0 Å². The van der Waals surface area contributed by atoms with E-state index in [1.165, 1.54) is 6.92 Å². The number of aliphatic hydroxyl groups excluding tert-OH is 1. The molecule has 1 aliphatic heterocycles. The van der Waals surface area contributed by atoms with Gasteiger partial charge in [0.05, 0.1) is 13.2 Å². The van der Waals surface area contributed by atoms with Crippen LogP contribution in [0.3, 0.4) is 0 Å². The van der Waals surface area contributed by atoms with Crippen LogP contribution in [0, 0.1) is 0 Å². The average Bonchev–Trinajstić information content (AvgIpc) is 2.80. The van der Waals surface area contributed by atoms with Gasteiger partial charge in [-0.05, 0) is 24.1 Å². The molecule has 0 saturated carbocycles. The van der Waals surface area contributed by atoms with Crippen LogP contribution in [-0.4, -0.2) is 59.7 Å². The summed E-state index contributed by atoms with van der Waals surface area (Å²) in [6.07, 6.45) is 2.84. The van der Waals surface area contributed by atoms with Crippen LogP contribution in [0.2, 0.25) is 0 Å². The van der Waals surface area contributed by atoms with Crippen molar-refractivity contribution in [3.05, 3.63) is 29.8 Å². The van der Waals surface area contributed by atoms with Gasteiger partial charge in [-0.15, -0.1) is 0 Å². The van der Waals surface area contributed by atoms with E-state index in [9.17, 15) is 14.1 Å². The van der Waals surface area contributed by atoms with E-state index < -0.39 is 23.0 Å². The van der Waals surface area contributed by atoms with Gasteiger partial charge in [0, 0.05) is 36.8 Å². The van der Waals surface area contributed by atoms with Crippen molar-refractivity contribution in [1.29, 1.82) is 0 Å². The standard InChI is InChI=1S/C14H19NO4.C2H6OS/c1-9(16)19-14-12(15-8-13(14)17)7-10-3-5-11(18-2)6-4-10;1-4(2)3/h3-6,12-15,17H,7-8H2,1-2H3;1-2H3/t12-,13+,14+;/m0./s1. The van der Waals surface area contributed by atoms with Crippen LogP contribution in [0.1, 0.15) is 12.5 Å². The van der Waals surface area contributed by atoms with Crippen LogP contribution in [0.25, 0.3) is 0 Å². The summed E-state index contributed by atoms with van der Waals surface area (Å²) in [5.74, 6) is 0.437. The molecule has 3 atom stereocenters. The van der Waals surface area contributed by atoms with Gasteiger partial charge in [0.2, 0.25) is 0 Å². The molecular weight excluding hydrogens is 318 g/mol. The van der Waals surface area contributed by atoms with E-state index >= 15 is 0 Å². The van der Waals surface area contributed by atoms with Crippen molar-refractivity contribution in [3.8, 4) is 5.75 Å². The molecule has 1 fully saturated rings. The molecule has 0 aliphatic carbocycles. The Morgan fingerprint density at radius 3 is 2.39 bits per heavy atom. The molecule has 0 unspecified atom stereocenters.